The number of carboxylic acids is 1. The monoisotopic (exact) mass is 212 g/mol. The van der Waals surface area contributed by atoms with E-state index < -0.39 is 12.0 Å². The van der Waals surface area contributed by atoms with Crippen LogP contribution in [0.15, 0.2) is 12.7 Å². The third kappa shape index (κ3) is 3.36. The Kier molecular flexibility index (Phi) is 4.30. The van der Waals surface area contributed by atoms with Gasteiger partial charge >= 0.3 is 5.97 Å². The molecule has 2 N–H and O–H groups in total. The van der Waals surface area contributed by atoms with Gasteiger partial charge < -0.3 is 15.3 Å². The van der Waals surface area contributed by atoms with E-state index in [2.05, 4.69) is 11.9 Å². The number of carbonyl (C=O) groups is 2. The summed E-state index contributed by atoms with van der Waals surface area (Å²) in [5, 5.41) is 11.6. The van der Waals surface area contributed by atoms with Crippen molar-refractivity contribution >= 4 is 11.9 Å². The van der Waals surface area contributed by atoms with E-state index in [-0.39, 0.29) is 12.3 Å². The van der Waals surface area contributed by atoms with E-state index >= 15 is 0 Å². The molecule has 1 amide bonds. The molecule has 1 atom stereocenters. The minimum Gasteiger partial charge on any atom is -0.481 e. The topological polar surface area (TPSA) is 69.6 Å². The van der Waals surface area contributed by atoms with Gasteiger partial charge in [-0.1, -0.05) is 6.08 Å². The molecule has 5 heteroatoms. The number of carbonyl (C=O) groups excluding carboxylic acids is 1. The van der Waals surface area contributed by atoms with Gasteiger partial charge in [0.25, 0.3) is 0 Å². The van der Waals surface area contributed by atoms with E-state index in [1.807, 2.05) is 0 Å². The highest BCUT2D eigenvalue weighted by Gasteiger charge is 2.27. The van der Waals surface area contributed by atoms with E-state index in [1.54, 1.807) is 11.0 Å². The van der Waals surface area contributed by atoms with Crippen LogP contribution in [0.25, 0.3) is 0 Å². The van der Waals surface area contributed by atoms with Gasteiger partial charge in [-0.3, -0.25) is 9.59 Å². The molecule has 0 aromatic carbocycles. The van der Waals surface area contributed by atoms with Gasteiger partial charge in [0.2, 0.25) is 5.91 Å². The average molecular weight is 212 g/mol. The van der Waals surface area contributed by atoms with Crippen LogP contribution in [0.3, 0.4) is 0 Å². The molecule has 15 heavy (non-hydrogen) atoms. The Labute approximate surface area is 88.8 Å². The first-order chi connectivity index (χ1) is 7.15. The zero-order valence-electron chi connectivity index (χ0n) is 8.61. The smallest absolute Gasteiger partial charge is 0.305 e. The number of aliphatic carboxylic acids is 1. The standard InChI is InChI=1S/C10H16N2O3/c1-2-5-12-6-3-4-11-8(10(12)15)7-9(13)14/h2,8,11H,1,3-7H2,(H,13,14). The lowest BCUT2D eigenvalue weighted by Gasteiger charge is -2.21. The molecule has 1 saturated heterocycles. The minimum atomic E-state index is -0.957. The second kappa shape index (κ2) is 5.50. The highest BCUT2D eigenvalue weighted by Crippen LogP contribution is 2.05. The van der Waals surface area contributed by atoms with E-state index in [9.17, 15) is 9.59 Å². The summed E-state index contributed by atoms with van der Waals surface area (Å²) in [4.78, 5) is 24.0. The van der Waals surface area contributed by atoms with Crippen LogP contribution in [0, 0.1) is 0 Å². The van der Waals surface area contributed by atoms with Crippen molar-refractivity contribution in [2.45, 2.75) is 18.9 Å². The van der Waals surface area contributed by atoms with Gasteiger partial charge in [0.15, 0.2) is 0 Å². The van der Waals surface area contributed by atoms with Crippen molar-refractivity contribution in [1.29, 1.82) is 0 Å². The Hall–Kier alpha value is -1.36. The summed E-state index contributed by atoms with van der Waals surface area (Å²) < 4.78 is 0. The zero-order valence-corrected chi connectivity index (χ0v) is 8.61. The number of amides is 1. The van der Waals surface area contributed by atoms with Gasteiger partial charge in [-0.05, 0) is 13.0 Å². The maximum Gasteiger partial charge on any atom is 0.305 e. The molecular weight excluding hydrogens is 196 g/mol. The summed E-state index contributed by atoms with van der Waals surface area (Å²) in [6.07, 6.45) is 2.34. The fourth-order valence-corrected chi connectivity index (χ4v) is 1.64. The van der Waals surface area contributed by atoms with Gasteiger partial charge in [-0.2, -0.15) is 0 Å². The summed E-state index contributed by atoms with van der Waals surface area (Å²) >= 11 is 0. The number of nitrogens with zero attached hydrogens (tertiary/aromatic N) is 1. The van der Waals surface area contributed by atoms with Gasteiger partial charge in [0, 0.05) is 13.1 Å². The van der Waals surface area contributed by atoms with Crippen molar-refractivity contribution in [3.8, 4) is 0 Å². The van der Waals surface area contributed by atoms with Crippen LogP contribution in [0.5, 0.6) is 0 Å². The SMILES string of the molecule is C=CCN1CCCNC(CC(=O)O)C1=O. The van der Waals surface area contributed by atoms with Crippen molar-refractivity contribution < 1.29 is 14.7 Å². The summed E-state index contributed by atoms with van der Waals surface area (Å²) in [6.45, 7) is 5.40. The van der Waals surface area contributed by atoms with Gasteiger partial charge in [-0.25, -0.2) is 0 Å². The summed E-state index contributed by atoms with van der Waals surface area (Å²) in [7, 11) is 0. The molecule has 0 aromatic rings. The highest BCUT2D eigenvalue weighted by molar-refractivity contribution is 5.86. The predicted octanol–water partition coefficient (Wildman–Crippen LogP) is -0.162. The summed E-state index contributed by atoms with van der Waals surface area (Å²) in [6, 6.07) is -0.593. The summed E-state index contributed by atoms with van der Waals surface area (Å²) in [5.74, 6) is -1.10. The molecule has 1 aliphatic rings. The first-order valence-electron chi connectivity index (χ1n) is 5.00. The highest BCUT2D eigenvalue weighted by atomic mass is 16.4. The molecule has 0 bridgehead atoms. The van der Waals surface area contributed by atoms with Crippen LogP contribution in [0.2, 0.25) is 0 Å². The lowest BCUT2D eigenvalue weighted by molar-refractivity contribution is -0.142. The van der Waals surface area contributed by atoms with Crippen LogP contribution < -0.4 is 5.32 Å². The third-order valence-electron chi connectivity index (χ3n) is 2.33. The van der Waals surface area contributed by atoms with Crippen molar-refractivity contribution in [2.24, 2.45) is 0 Å². The fourth-order valence-electron chi connectivity index (χ4n) is 1.64. The van der Waals surface area contributed by atoms with Crippen molar-refractivity contribution in [3.05, 3.63) is 12.7 Å². The number of hydrogen-bond acceptors (Lipinski definition) is 3. The largest absolute Gasteiger partial charge is 0.481 e. The Morgan fingerprint density at radius 3 is 3.07 bits per heavy atom. The van der Waals surface area contributed by atoms with Crippen molar-refractivity contribution in [2.75, 3.05) is 19.6 Å². The van der Waals surface area contributed by atoms with E-state index in [1.165, 1.54) is 0 Å². The molecule has 0 spiro atoms. The van der Waals surface area contributed by atoms with Gasteiger partial charge in [0.1, 0.15) is 0 Å². The van der Waals surface area contributed by atoms with Gasteiger partial charge in [0.05, 0.1) is 12.5 Å². The first kappa shape index (κ1) is 11.7. The second-order valence-corrected chi connectivity index (χ2v) is 3.53. The Bertz CT molecular complexity index is 265. The molecule has 1 unspecified atom stereocenters. The molecule has 0 aliphatic carbocycles. The van der Waals surface area contributed by atoms with Crippen molar-refractivity contribution in [1.82, 2.24) is 10.2 Å². The van der Waals surface area contributed by atoms with Crippen LogP contribution in [-0.4, -0.2) is 47.6 Å². The quantitative estimate of drug-likeness (QED) is 0.635. The molecule has 1 fully saturated rings. The Morgan fingerprint density at radius 2 is 2.47 bits per heavy atom. The third-order valence-corrected chi connectivity index (χ3v) is 2.33. The van der Waals surface area contributed by atoms with Gasteiger partial charge in [-0.15, -0.1) is 6.58 Å². The van der Waals surface area contributed by atoms with E-state index in [4.69, 9.17) is 5.11 Å². The number of carboxylic acid groups (broad SMARTS) is 1. The molecule has 5 nitrogen and oxygen atoms in total. The molecule has 0 aromatic heterocycles. The molecule has 84 valence electrons. The second-order valence-electron chi connectivity index (χ2n) is 3.53. The van der Waals surface area contributed by atoms with Crippen LogP contribution in [0.4, 0.5) is 0 Å². The summed E-state index contributed by atoms with van der Waals surface area (Å²) in [5.41, 5.74) is 0. The number of nitrogens with one attached hydrogen (secondary N) is 1. The molecule has 1 heterocycles. The lowest BCUT2D eigenvalue weighted by Crippen LogP contribution is -2.44. The van der Waals surface area contributed by atoms with Crippen LogP contribution >= 0.6 is 0 Å². The zero-order chi connectivity index (χ0) is 11.3. The van der Waals surface area contributed by atoms with Crippen LogP contribution in [0.1, 0.15) is 12.8 Å². The molecule has 1 aliphatic heterocycles. The van der Waals surface area contributed by atoms with E-state index in [0.717, 1.165) is 6.42 Å². The predicted molar refractivity (Wildman–Crippen MR) is 55.4 cm³/mol. The average Bonchev–Trinajstić information content (AvgIpc) is 2.33. The molecule has 0 saturated carbocycles. The molecular formula is C10H16N2O3. The maximum atomic E-state index is 11.8. The van der Waals surface area contributed by atoms with E-state index in [0.29, 0.717) is 19.6 Å². The van der Waals surface area contributed by atoms with Crippen LogP contribution in [-0.2, 0) is 9.59 Å². The van der Waals surface area contributed by atoms with Crippen molar-refractivity contribution in [3.63, 3.8) is 0 Å². The minimum absolute atomic E-state index is 0.144. The molecule has 1 rings (SSSR count). The number of rotatable bonds is 4. The Morgan fingerprint density at radius 1 is 1.73 bits per heavy atom. The number of hydrogen-bond donors (Lipinski definition) is 2. The maximum absolute atomic E-state index is 11.8. The first-order valence-corrected chi connectivity index (χ1v) is 5.00. The molecule has 0 radical (unpaired) electrons. The normalized spacial score (nSPS) is 22.3. The lowest BCUT2D eigenvalue weighted by atomic mass is 10.2. The Balaban J connectivity index is 2.65. The fraction of sp³-hybridized carbons (Fsp3) is 0.600.